The van der Waals surface area contributed by atoms with Crippen LogP contribution in [0.25, 0.3) is 6.08 Å². The molecular formula is C14H13NO2S. The molecule has 0 spiro atoms. The lowest BCUT2D eigenvalue weighted by Crippen LogP contribution is -2.08. The minimum atomic E-state index is -0.173. The highest BCUT2D eigenvalue weighted by atomic mass is 32.1. The summed E-state index contributed by atoms with van der Waals surface area (Å²) in [6, 6.07) is 11.2. The van der Waals surface area contributed by atoms with Gasteiger partial charge in [0.2, 0.25) is 5.91 Å². The Morgan fingerprint density at radius 1 is 1.28 bits per heavy atom. The van der Waals surface area contributed by atoms with Gasteiger partial charge >= 0.3 is 0 Å². The third-order valence-electron chi connectivity index (χ3n) is 2.31. The van der Waals surface area contributed by atoms with Crippen molar-refractivity contribution in [2.24, 2.45) is 0 Å². The molecule has 1 aromatic heterocycles. The first-order chi connectivity index (χ1) is 8.79. The number of rotatable bonds is 4. The van der Waals surface area contributed by atoms with Gasteiger partial charge in [-0.2, -0.15) is 0 Å². The molecule has 0 aliphatic heterocycles. The van der Waals surface area contributed by atoms with E-state index in [0.29, 0.717) is 11.4 Å². The van der Waals surface area contributed by atoms with E-state index in [1.54, 1.807) is 36.7 Å². The van der Waals surface area contributed by atoms with Crippen LogP contribution in [0.4, 0.5) is 5.69 Å². The predicted molar refractivity (Wildman–Crippen MR) is 75.0 cm³/mol. The Balaban J connectivity index is 2.03. The number of carbonyl (C=O) groups is 1. The summed E-state index contributed by atoms with van der Waals surface area (Å²) in [5.41, 5.74) is 0.667. The van der Waals surface area contributed by atoms with Crippen LogP contribution < -0.4 is 10.1 Å². The third-order valence-corrected chi connectivity index (χ3v) is 3.14. The van der Waals surface area contributed by atoms with Gasteiger partial charge in [-0.15, -0.1) is 11.3 Å². The smallest absolute Gasteiger partial charge is 0.248 e. The van der Waals surface area contributed by atoms with Crippen LogP contribution in [0.5, 0.6) is 5.75 Å². The second-order valence-electron chi connectivity index (χ2n) is 3.54. The monoisotopic (exact) mass is 259 g/mol. The lowest BCUT2D eigenvalue weighted by atomic mass is 10.3. The molecule has 1 heterocycles. The molecule has 0 saturated heterocycles. The number of thiophene rings is 1. The highest BCUT2D eigenvalue weighted by Gasteiger charge is 2.03. The van der Waals surface area contributed by atoms with Gasteiger partial charge in [0, 0.05) is 11.0 Å². The van der Waals surface area contributed by atoms with E-state index in [-0.39, 0.29) is 5.91 Å². The van der Waals surface area contributed by atoms with E-state index in [2.05, 4.69) is 5.32 Å². The molecule has 0 atom stereocenters. The first kappa shape index (κ1) is 12.4. The highest BCUT2D eigenvalue weighted by molar-refractivity contribution is 7.10. The first-order valence-corrected chi connectivity index (χ1v) is 6.33. The van der Waals surface area contributed by atoms with E-state index in [4.69, 9.17) is 4.74 Å². The lowest BCUT2D eigenvalue weighted by Gasteiger charge is -2.07. The number of anilines is 1. The highest BCUT2D eigenvalue weighted by Crippen LogP contribution is 2.22. The number of para-hydroxylation sites is 2. The molecular weight excluding hydrogens is 246 g/mol. The summed E-state index contributed by atoms with van der Waals surface area (Å²) in [6.45, 7) is 0. The number of hydrogen-bond donors (Lipinski definition) is 1. The molecule has 18 heavy (non-hydrogen) atoms. The number of carbonyl (C=O) groups excluding carboxylic acids is 1. The summed E-state index contributed by atoms with van der Waals surface area (Å²) in [4.78, 5) is 12.8. The fourth-order valence-electron chi connectivity index (χ4n) is 1.47. The largest absolute Gasteiger partial charge is 0.495 e. The van der Waals surface area contributed by atoms with Gasteiger partial charge in [-0.3, -0.25) is 4.79 Å². The number of amides is 1. The van der Waals surface area contributed by atoms with Crippen molar-refractivity contribution in [2.75, 3.05) is 12.4 Å². The second kappa shape index (κ2) is 6.02. The van der Waals surface area contributed by atoms with Crippen molar-refractivity contribution in [3.63, 3.8) is 0 Å². The molecule has 0 fully saturated rings. The molecule has 1 N–H and O–H groups in total. The molecule has 92 valence electrons. The summed E-state index contributed by atoms with van der Waals surface area (Å²) < 4.78 is 5.16. The molecule has 2 rings (SSSR count). The van der Waals surface area contributed by atoms with Gasteiger partial charge in [-0.05, 0) is 29.7 Å². The zero-order chi connectivity index (χ0) is 12.8. The van der Waals surface area contributed by atoms with Crippen LogP contribution >= 0.6 is 11.3 Å². The van der Waals surface area contributed by atoms with Crippen molar-refractivity contribution in [2.45, 2.75) is 0 Å². The van der Waals surface area contributed by atoms with E-state index in [1.165, 1.54) is 6.08 Å². The maximum absolute atomic E-state index is 11.7. The third kappa shape index (κ3) is 3.21. The van der Waals surface area contributed by atoms with Gasteiger partial charge in [0.25, 0.3) is 0 Å². The van der Waals surface area contributed by atoms with Crippen molar-refractivity contribution in [3.05, 3.63) is 52.7 Å². The standard InChI is InChI=1S/C14H13NO2S/c1-17-13-7-3-2-6-12(13)15-14(16)9-8-11-5-4-10-18-11/h2-10H,1H3,(H,15,16). The van der Waals surface area contributed by atoms with Gasteiger partial charge in [-0.25, -0.2) is 0 Å². The maximum Gasteiger partial charge on any atom is 0.248 e. The quantitative estimate of drug-likeness (QED) is 0.854. The fraction of sp³-hybridized carbons (Fsp3) is 0.0714. The molecule has 0 aliphatic carbocycles. The second-order valence-corrected chi connectivity index (χ2v) is 4.52. The van der Waals surface area contributed by atoms with Gasteiger partial charge < -0.3 is 10.1 Å². The Kier molecular flexibility index (Phi) is 4.15. The van der Waals surface area contributed by atoms with E-state index in [9.17, 15) is 4.79 Å². The average molecular weight is 259 g/mol. The van der Waals surface area contributed by atoms with Crippen molar-refractivity contribution in [1.29, 1.82) is 0 Å². The summed E-state index contributed by atoms with van der Waals surface area (Å²) in [7, 11) is 1.58. The predicted octanol–water partition coefficient (Wildman–Crippen LogP) is 3.41. The number of nitrogens with one attached hydrogen (secondary N) is 1. The molecule has 0 aliphatic rings. The Labute approximate surface area is 110 Å². The molecule has 2 aromatic rings. The molecule has 0 saturated carbocycles. The van der Waals surface area contributed by atoms with Crippen LogP contribution in [0.1, 0.15) is 4.88 Å². The van der Waals surface area contributed by atoms with E-state index >= 15 is 0 Å². The van der Waals surface area contributed by atoms with E-state index in [1.807, 2.05) is 29.6 Å². The summed E-state index contributed by atoms with van der Waals surface area (Å²) >= 11 is 1.59. The number of benzene rings is 1. The van der Waals surface area contributed by atoms with Gasteiger partial charge in [-0.1, -0.05) is 18.2 Å². The summed E-state index contributed by atoms with van der Waals surface area (Å²) in [5.74, 6) is 0.475. The summed E-state index contributed by atoms with van der Waals surface area (Å²) in [5, 5.41) is 4.75. The SMILES string of the molecule is COc1ccccc1NC(=O)C=Cc1cccs1. The molecule has 3 nitrogen and oxygen atoms in total. The zero-order valence-electron chi connectivity index (χ0n) is 9.92. The van der Waals surface area contributed by atoms with Gasteiger partial charge in [0.05, 0.1) is 12.8 Å². The average Bonchev–Trinajstić information content (AvgIpc) is 2.90. The van der Waals surface area contributed by atoms with Crippen molar-refractivity contribution < 1.29 is 9.53 Å². The molecule has 4 heteroatoms. The Morgan fingerprint density at radius 3 is 2.83 bits per heavy atom. The van der Waals surface area contributed by atoms with Crippen LogP contribution in [-0.4, -0.2) is 13.0 Å². The molecule has 0 bridgehead atoms. The van der Waals surface area contributed by atoms with E-state index < -0.39 is 0 Å². The Hall–Kier alpha value is -2.07. The molecule has 0 radical (unpaired) electrons. The van der Waals surface area contributed by atoms with Crippen LogP contribution in [-0.2, 0) is 4.79 Å². The molecule has 1 amide bonds. The van der Waals surface area contributed by atoms with Crippen molar-refractivity contribution >= 4 is 29.0 Å². The number of hydrogen-bond acceptors (Lipinski definition) is 3. The normalized spacial score (nSPS) is 10.5. The summed E-state index contributed by atoms with van der Waals surface area (Å²) in [6.07, 6.45) is 3.30. The zero-order valence-corrected chi connectivity index (χ0v) is 10.7. The van der Waals surface area contributed by atoms with Crippen LogP contribution in [0.15, 0.2) is 47.9 Å². The topological polar surface area (TPSA) is 38.3 Å². The van der Waals surface area contributed by atoms with Crippen molar-refractivity contribution in [3.8, 4) is 5.75 Å². The van der Waals surface area contributed by atoms with Crippen molar-refractivity contribution in [1.82, 2.24) is 0 Å². The molecule has 1 aromatic carbocycles. The fourth-order valence-corrected chi connectivity index (χ4v) is 2.08. The number of methoxy groups -OCH3 is 1. The van der Waals surface area contributed by atoms with Gasteiger partial charge in [0.1, 0.15) is 5.75 Å². The van der Waals surface area contributed by atoms with Crippen LogP contribution in [0, 0.1) is 0 Å². The van der Waals surface area contributed by atoms with Crippen LogP contribution in [0.2, 0.25) is 0 Å². The van der Waals surface area contributed by atoms with Gasteiger partial charge in [0.15, 0.2) is 0 Å². The molecule has 0 unspecified atom stereocenters. The Bertz CT molecular complexity index is 547. The van der Waals surface area contributed by atoms with E-state index in [0.717, 1.165) is 4.88 Å². The maximum atomic E-state index is 11.7. The minimum absolute atomic E-state index is 0.173. The Morgan fingerprint density at radius 2 is 2.11 bits per heavy atom. The minimum Gasteiger partial charge on any atom is -0.495 e. The lowest BCUT2D eigenvalue weighted by molar-refractivity contribution is -0.111. The number of ether oxygens (including phenoxy) is 1. The first-order valence-electron chi connectivity index (χ1n) is 5.45. The van der Waals surface area contributed by atoms with Crippen LogP contribution in [0.3, 0.4) is 0 Å².